The molecule has 1 aromatic heterocycles. The lowest BCUT2D eigenvalue weighted by Gasteiger charge is -2.26. The van der Waals surface area contributed by atoms with Crippen molar-refractivity contribution in [2.75, 3.05) is 6.54 Å². The summed E-state index contributed by atoms with van der Waals surface area (Å²) in [5, 5.41) is 0.0347. The van der Waals surface area contributed by atoms with E-state index in [1.165, 1.54) is 12.5 Å². The van der Waals surface area contributed by atoms with E-state index in [4.69, 9.17) is 5.73 Å². The van der Waals surface area contributed by atoms with Crippen molar-refractivity contribution in [2.45, 2.75) is 44.3 Å². The van der Waals surface area contributed by atoms with E-state index in [2.05, 4.69) is 9.71 Å². The Morgan fingerprint density at radius 3 is 2.59 bits per heavy atom. The minimum atomic E-state index is -3.59. The predicted molar refractivity (Wildman–Crippen MR) is 66.0 cm³/mol. The molecule has 0 spiro atoms. The average molecular weight is 260 g/mol. The van der Waals surface area contributed by atoms with Gasteiger partial charge in [0, 0.05) is 24.8 Å². The molecule has 0 aliphatic heterocycles. The molecule has 1 aromatic rings. The lowest BCUT2D eigenvalue weighted by molar-refractivity contribution is 0.410. The SMILES string of the molecule is CCn1cnc(S(=O)(=O)NC(C)(CC)CN)c1. The summed E-state index contributed by atoms with van der Waals surface area (Å²) in [7, 11) is -3.59. The van der Waals surface area contributed by atoms with Gasteiger partial charge in [0.15, 0.2) is 5.03 Å². The van der Waals surface area contributed by atoms with E-state index in [9.17, 15) is 8.42 Å². The zero-order valence-electron chi connectivity index (χ0n) is 10.5. The summed E-state index contributed by atoms with van der Waals surface area (Å²) in [4.78, 5) is 3.88. The van der Waals surface area contributed by atoms with E-state index < -0.39 is 15.6 Å². The van der Waals surface area contributed by atoms with Crippen molar-refractivity contribution < 1.29 is 8.42 Å². The molecule has 6 nitrogen and oxygen atoms in total. The van der Waals surface area contributed by atoms with Gasteiger partial charge in [-0.15, -0.1) is 0 Å². The fourth-order valence-corrected chi connectivity index (χ4v) is 2.73. The summed E-state index contributed by atoms with van der Waals surface area (Å²) in [5.74, 6) is 0. The second-order valence-electron chi connectivity index (χ2n) is 4.27. The molecule has 98 valence electrons. The van der Waals surface area contributed by atoms with Gasteiger partial charge in [0.05, 0.1) is 6.33 Å². The zero-order valence-corrected chi connectivity index (χ0v) is 11.3. The van der Waals surface area contributed by atoms with Crippen molar-refractivity contribution in [1.29, 1.82) is 0 Å². The first-order valence-corrected chi connectivity index (χ1v) is 7.11. The Bertz CT molecular complexity index is 462. The van der Waals surface area contributed by atoms with Crippen molar-refractivity contribution in [1.82, 2.24) is 14.3 Å². The smallest absolute Gasteiger partial charge is 0.260 e. The monoisotopic (exact) mass is 260 g/mol. The Morgan fingerprint density at radius 2 is 2.18 bits per heavy atom. The van der Waals surface area contributed by atoms with E-state index >= 15 is 0 Å². The van der Waals surface area contributed by atoms with Gasteiger partial charge in [-0.1, -0.05) is 6.92 Å². The van der Waals surface area contributed by atoms with Crippen LogP contribution < -0.4 is 10.5 Å². The van der Waals surface area contributed by atoms with Crippen LogP contribution in [0.3, 0.4) is 0 Å². The van der Waals surface area contributed by atoms with Crippen LogP contribution in [0.2, 0.25) is 0 Å². The quantitative estimate of drug-likeness (QED) is 0.770. The molecule has 1 heterocycles. The number of hydrogen-bond acceptors (Lipinski definition) is 4. The number of hydrogen-bond donors (Lipinski definition) is 2. The maximum Gasteiger partial charge on any atom is 0.260 e. The van der Waals surface area contributed by atoms with Crippen molar-refractivity contribution in [3.8, 4) is 0 Å². The molecule has 0 saturated carbocycles. The van der Waals surface area contributed by atoms with Gasteiger partial charge in [-0.2, -0.15) is 0 Å². The van der Waals surface area contributed by atoms with Gasteiger partial charge in [0.2, 0.25) is 0 Å². The lowest BCUT2D eigenvalue weighted by Crippen LogP contribution is -2.50. The van der Waals surface area contributed by atoms with Crippen molar-refractivity contribution in [3.05, 3.63) is 12.5 Å². The Morgan fingerprint density at radius 1 is 1.53 bits per heavy atom. The predicted octanol–water partition coefficient (Wildman–Crippen LogP) is 0.309. The highest BCUT2D eigenvalue weighted by Crippen LogP contribution is 2.13. The highest BCUT2D eigenvalue weighted by molar-refractivity contribution is 7.89. The zero-order chi connectivity index (χ0) is 13.1. The summed E-state index contributed by atoms with van der Waals surface area (Å²) in [6.07, 6.45) is 3.63. The first kappa shape index (κ1) is 14.1. The second-order valence-corrected chi connectivity index (χ2v) is 5.90. The summed E-state index contributed by atoms with van der Waals surface area (Å²) in [5.41, 5.74) is 4.95. The number of imidazole rings is 1. The highest BCUT2D eigenvalue weighted by Gasteiger charge is 2.29. The topological polar surface area (TPSA) is 90.0 Å². The van der Waals surface area contributed by atoms with Crippen molar-refractivity contribution >= 4 is 10.0 Å². The molecule has 0 radical (unpaired) electrons. The van der Waals surface area contributed by atoms with E-state index in [0.717, 1.165) is 0 Å². The number of rotatable bonds is 6. The van der Waals surface area contributed by atoms with Crippen LogP contribution in [-0.2, 0) is 16.6 Å². The van der Waals surface area contributed by atoms with Crippen LogP contribution in [0.25, 0.3) is 0 Å². The standard InChI is InChI=1S/C10H20N4O2S/c1-4-10(3,7-11)13-17(15,16)9-6-14(5-2)8-12-9/h6,8,13H,4-5,7,11H2,1-3H3. The van der Waals surface area contributed by atoms with Crippen molar-refractivity contribution in [2.24, 2.45) is 5.73 Å². The van der Waals surface area contributed by atoms with Gasteiger partial charge in [-0.25, -0.2) is 18.1 Å². The van der Waals surface area contributed by atoms with Crippen LogP contribution in [0.1, 0.15) is 27.2 Å². The van der Waals surface area contributed by atoms with E-state index in [1.54, 1.807) is 11.5 Å². The van der Waals surface area contributed by atoms with Crippen LogP contribution in [0.5, 0.6) is 0 Å². The van der Waals surface area contributed by atoms with Crippen LogP contribution in [-0.4, -0.2) is 30.1 Å². The first-order chi connectivity index (χ1) is 7.87. The molecule has 7 heteroatoms. The molecule has 1 rings (SSSR count). The van der Waals surface area contributed by atoms with Gasteiger partial charge in [-0.05, 0) is 20.3 Å². The fourth-order valence-electron chi connectivity index (χ4n) is 1.29. The number of nitrogens with zero attached hydrogens (tertiary/aromatic N) is 2. The van der Waals surface area contributed by atoms with Crippen LogP contribution in [0, 0.1) is 0 Å². The number of aromatic nitrogens is 2. The molecule has 3 N–H and O–H groups in total. The maximum absolute atomic E-state index is 12.1. The summed E-state index contributed by atoms with van der Waals surface area (Å²) < 4.78 is 28.4. The lowest BCUT2D eigenvalue weighted by atomic mass is 10.0. The molecule has 1 unspecified atom stereocenters. The van der Waals surface area contributed by atoms with Crippen LogP contribution in [0.4, 0.5) is 0 Å². The minimum Gasteiger partial charge on any atom is -0.336 e. The molecular weight excluding hydrogens is 240 g/mol. The number of nitrogens with two attached hydrogens (primary N) is 1. The molecule has 0 aliphatic rings. The van der Waals surface area contributed by atoms with Crippen molar-refractivity contribution in [3.63, 3.8) is 0 Å². The Hall–Kier alpha value is -0.920. The Kier molecular flexibility index (Phi) is 4.29. The van der Waals surface area contributed by atoms with Gasteiger partial charge < -0.3 is 10.3 Å². The molecule has 0 saturated heterocycles. The molecule has 0 aromatic carbocycles. The van der Waals surface area contributed by atoms with E-state index in [0.29, 0.717) is 13.0 Å². The molecule has 0 fully saturated rings. The third-order valence-electron chi connectivity index (χ3n) is 2.86. The van der Waals surface area contributed by atoms with Gasteiger partial charge >= 0.3 is 0 Å². The number of aryl methyl sites for hydroxylation is 1. The molecule has 1 atom stereocenters. The molecule has 17 heavy (non-hydrogen) atoms. The van der Waals surface area contributed by atoms with E-state index in [-0.39, 0.29) is 11.6 Å². The minimum absolute atomic E-state index is 0.0347. The van der Waals surface area contributed by atoms with Crippen LogP contribution in [0.15, 0.2) is 17.6 Å². The first-order valence-electron chi connectivity index (χ1n) is 5.62. The normalized spacial score (nSPS) is 15.8. The molecular formula is C10H20N4O2S. The molecule has 0 amide bonds. The largest absolute Gasteiger partial charge is 0.336 e. The summed E-state index contributed by atoms with van der Waals surface area (Å²) in [6, 6.07) is 0. The third-order valence-corrected chi connectivity index (χ3v) is 4.38. The van der Waals surface area contributed by atoms with E-state index in [1.807, 2.05) is 13.8 Å². The van der Waals surface area contributed by atoms with Gasteiger partial charge in [0.1, 0.15) is 0 Å². The molecule has 0 bridgehead atoms. The summed E-state index contributed by atoms with van der Waals surface area (Å²) in [6.45, 7) is 6.52. The summed E-state index contributed by atoms with van der Waals surface area (Å²) >= 11 is 0. The molecule has 0 aliphatic carbocycles. The highest BCUT2D eigenvalue weighted by atomic mass is 32.2. The van der Waals surface area contributed by atoms with Gasteiger partial charge in [-0.3, -0.25) is 0 Å². The number of nitrogens with one attached hydrogen (secondary N) is 1. The average Bonchev–Trinajstić information content (AvgIpc) is 2.77. The fraction of sp³-hybridized carbons (Fsp3) is 0.700. The third kappa shape index (κ3) is 3.27. The van der Waals surface area contributed by atoms with Gasteiger partial charge in [0.25, 0.3) is 10.0 Å². The Labute approximate surface area is 102 Å². The number of sulfonamides is 1. The Balaban J connectivity index is 2.96. The maximum atomic E-state index is 12.1. The van der Waals surface area contributed by atoms with Crippen LogP contribution >= 0.6 is 0 Å². The second kappa shape index (κ2) is 5.16.